The standard InChI is InChI=1S/C17H32/c1-8-16(7,9-2)12(5)14-10-17(14)13(6)15(17)11(3)4/h11-15H,8-10H2,1-7H3. The Bertz CT molecular complexity index is 286. The van der Waals surface area contributed by atoms with E-state index in [0.29, 0.717) is 5.41 Å². The van der Waals surface area contributed by atoms with Crippen molar-refractivity contribution in [2.75, 3.05) is 0 Å². The number of rotatable bonds is 5. The SMILES string of the molecule is CCC(C)(CC)C(C)C1CC12C(C)C2C(C)C. The molecule has 2 rings (SSSR count). The van der Waals surface area contributed by atoms with Crippen LogP contribution in [0.3, 0.4) is 0 Å². The lowest BCUT2D eigenvalue weighted by Gasteiger charge is -2.34. The van der Waals surface area contributed by atoms with Crippen LogP contribution in [0.4, 0.5) is 0 Å². The fourth-order valence-corrected chi connectivity index (χ4v) is 5.14. The van der Waals surface area contributed by atoms with Crippen LogP contribution in [0.15, 0.2) is 0 Å². The van der Waals surface area contributed by atoms with E-state index in [2.05, 4.69) is 48.5 Å². The molecule has 0 amide bonds. The first-order valence-electron chi connectivity index (χ1n) is 7.85. The minimum absolute atomic E-state index is 0.581. The van der Waals surface area contributed by atoms with Crippen LogP contribution in [-0.2, 0) is 0 Å². The zero-order chi connectivity index (χ0) is 13.0. The molecular formula is C17H32. The Morgan fingerprint density at radius 3 is 2.06 bits per heavy atom. The summed E-state index contributed by atoms with van der Waals surface area (Å²) >= 11 is 0. The van der Waals surface area contributed by atoms with Crippen LogP contribution in [-0.4, -0.2) is 0 Å². The van der Waals surface area contributed by atoms with Crippen LogP contribution in [0.2, 0.25) is 0 Å². The molecule has 0 nitrogen and oxygen atoms in total. The van der Waals surface area contributed by atoms with E-state index >= 15 is 0 Å². The van der Waals surface area contributed by atoms with Crippen molar-refractivity contribution in [3.8, 4) is 0 Å². The molecule has 0 aromatic heterocycles. The van der Waals surface area contributed by atoms with Gasteiger partial charge in [-0.15, -0.1) is 0 Å². The lowest BCUT2D eigenvalue weighted by Crippen LogP contribution is -2.26. The van der Waals surface area contributed by atoms with Crippen LogP contribution < -0.4 is 0 Å². The third kappa shape index (κ3) is 1.70. The van der Waals surface area contributed by atoms with Crippen molar-refractivity contribution in [3.63, 3.8) is 0 Å². The Hall–Kier alpha value is 0. The highest BCUT2D eigenvalue weighted by molar-refractivity contribution is 5.24. The molecule has 100 valence electrons. The van der Waals surface area contributed by atoms with Gasteiger partial charge in [-0.3, -0.25) is 0 Å². The normalized spacial score (nSPS) is 42.0. The van der Waals surface area contributed by atoms with E-state index < -0.39 is 0 Å². The highest BCUT2D eigenvalue weighted by atomic mass is 14.8. The van der Waals surface area contributed by atoms with Crippen LogP contribution in [0.5, 0.6) is 0 Å². The number of hydrogen-bond donors (Lipinski definition) is 0. The van der Waals surface area contributed by atoms with Crippen molar-refractivity contribution in [1.82, 2.24) is 0 Å². The number of hydrogen-bond acceptors (Lipinski definition) is 0. The highest BCUT2D eigenvalue weighted by Gasteiger charge is 2.77. The molecule has 2 aliphatic rings. The van der Waals surface area contributed by atoms with Gasteiger partial charge >= 0.3 is 0 Å². The first kappa shape index (κ1) is 13.4. The second kappa shape index (κ2) is 4.00. The molecule has 5 unspecified atom stereocenters. The van der Waals surface area contributed by atoms with Crippen molar-refractivity contribution in [1.29, 1.82) is 0 Å². The minimum atomic E-state index is 0.581. The van der Waals surface area contributed by atoms with E-state index in [-0.39, 0.29) is 0 Å². The summed E-state index contributed by atoms with van der Waals surface area (Å²) in [6, 6.07) is 0. The molecule has 0 aromatic rings. The van der Waals surface area contributed by atoms with Gasteiger partial charge in [0.1, 0.15) is 0 Å². The van der Waals surface area contributed by atoms with Crippen molar-refractivity contribution in [2.24, 2.45) is 40.4 Å². The van der Waals surface area contributed by atoms with Crippen LogP contribution in [0, 0.1) is 40.4 Å². The molecule has 0 saturated heterocycles. The van der Waals surface area contributed by atoms with E-state index in [1.807, 2.05) is 0 Å². The van der Waals surface area contributed by atoms with E-state index in [0.717, 1.165) is 35.0 Å². The maximum Gasteiger partial charge on any atom is -0.0201 e. The van der Waals surface area contributed by atoms with Crippen LogP contribution >= 0.6 is 0 Å². The Morgan fingerprint density at radius 2 is 1.71 bits per heavy atom. The van der Waals surface area contributed by atoms with Gasteiger partial charge in [-0.2, -0.15) is 0 Å². The Balaban J connectivity index is 2.05. The summed E-state index contributed by atoms with van der Waals surface area (Å²) in [5, 5.41) is 0. The molecule has 0 bridgehead atoms. The Kier molecular flexibility index (Phi) is 3.16. The summed E-state index contributed by atoms with van der Waals surface area (Å²) in [7, 11) is 0. The van der Waals surface area contributed by atoms with Gasteiger partial charge in [-0.25, -0.2) is 0 Å². The van der Waals surface area contributed by atoms with Crippen LogP contribution in [0.1, 0.15) is 67.7 Å². The van der Waals surface area contributed by atoms with Gasteiger partial charge in [-0.05, 0) is 46.8 Å². The summed E-state index contributed by atoms with van der Waals surface area (Å²) < 4.78 is 0. The monoisotopic (exact) mass is 236 g/mol. The lowest BCUT2D eigenvalue weighted by atomic mass is 9.71. The van der Waals surface area contributed by atoms with Gasteiger partial charge in [0.05, 0.1) is 0 Å². The first-order valence-corrected chi connectivity index (χ1v) is 7.85. The molecule has 0 aromatic carbocycles. The molecular weight excluding hydrogens is 204 g/mol. The third-order valence-electron chi connectivity index (χ3n) is 7.04. The fourth-order valence-electron chi connectivity index (χ4n) is 5.14. The van der Waals surface area contributed by atoms with Gasteiger partial charge < -0.3 is 0 Å². The summed E-state index contributed by atoms with van der Waals surface area (Å²) in [4.78, 5) is 0. The average molecular weight is 236 g/mol. The zero-order valence-electron chi connectivity index (χ0n) is 13.0. The van der Waals surface area contributed by atoms with E-state index in [9.17, 15) is 0 Å². The fraction of sp³-hybridized carbons (Fsp3) is 1.00. The maximum absolute atomic E-state index is 2.54. The second-order valence-electron chi connectivity index (χ2n) is 7.63. The maximum atomic E-state index is 2.54. The Morgan fingerprint density at radius 1 is 1.18 bits per heavy atom. The van der Waals surface area contributed by atoms with E-state index in [1.165, 1.54) is 19.3 Å². The van der Waals surface area contributed by atoms with Crippen LogP contribution in [0.25, 0.3) is 0 Å². The summed E-state index contributed by atoms with van der Waals surface area (Å²) in [6.07, 6.45) is 4.23. The average Bonchev–Trinajstić information content (AvgIpc) is 3.15. The molecule has 2 fully saturated rings. The van der Waals surface area contributed by atoms with Gasteiger partial charge in [0.2, 0.25) is 0 Å². The van der Waals surface area contributed by atoms with Crippen molar-refractivity contribution in [2.45, 2.75) is 67.7 Å². The molecule has 2 aliphatic carbocycles. The van der Waals surface area contributed by atoms with Gasteiger partial charge in [0.25, 0.3) is 0 Å². The molecule has 2 saturated carbocycles. The third-order valence-corrected chi connectivity index (χ3v) is 7.04. The topological polar surface area (TPSA) is 0 Å². The predicted octanol–water partition coefficient (Wildman–Crippen LogP) is 5.38. The van der Waals surface area contributed by atoms with E-state index in [1.54, 1.807) is 0 Å². The first-order chi connectivity index (χ1) is 7.85. The smallest absolute Gasteiger partial charge is 0.0201 e. The molecule has 0 heterocycles. The summed E-state index contributed by atoms with van der Waals surface area (Å²) in [5.74, 6) is 4.90. The van der Waals surface area contributed by atoms with Gasteiger partial charge in [0, 0.05) is 0 Å². The summed E-state index contributed by atoms with van der Waals surface area (Å²) in [5.41, 5.74) is 1.37. The molecule has 17 heavy (non-hydrogen) atoms. The Labute approximate surface area is 109 Å². The second-order valence-corrected chi connectivity index (χ2v) is 7.63. The quantitative estimate of drug-likeness (QED) is 0.601. The summed E-state index contributed by atoms with van der Waals surface area (Å²) in [6.45, 7) is 17.2. The molecule has 0 N–H and O–H groups in total. The van der Waals surface area contributed by atoms with E-state index in [4.69, 9.17) is 0 Å². The molecule has 0 aliphatic heterocycles. The largest absolute Gasteiger partial charge is 0.0649 e. The molecule has 0 radical (unpaired) electrons. The van der Waals surface area contributed by atoms with Gasteiger partial charge in [-0.1, -0.05) is 61.3 Å². The van der Waals surface area contributed by atoms with Crippen molar-refractivity contribution in [3.05, 3.63) is 0 Å². The molecule has 1 spiro atoms. The molecule has 5 atom stereocenters. The van der Waals surface area contributed by atoms with Crippen molar-refractivity contribution >= 4 is 0 Å². The zero-order valence-corrected chi connectivity index (χ0v) is 13.0. The lowest BCUT2D eigenvalue weighted by molar-refractivity contribution is 0.151. The van der Waals surface area contributed by atoms with Gasteiger partial charge in [0.15, 0.2) is 0 Å². The predicted molar refractivity (Wildman–Crippen MR) is 75.9 cm³/mol. The minimum Gasteiger partial charge on any atom is -0.0649 e. The highest BCUT2D eigenvalue weighted by Crippen LogP contribution is 2.82. The van der Waals surface area contributed by atoms with Crippen molar-refractivity contribution < 1.29 is 0 Å². The molecule has 0 heteroatoms.